The first-order valence-electron chi connectivity index (χ1n) is 5.12. The third-order valence-corrected chi connectivity index (χ3v) is 2.16. The highest BCUT2D eigenvalue weighted by Crippen LogP contribution is 2.16. The molecule has 5 heteroatoms. The molecule has 0 atom stereocenters. The molecule has 0 aliphatic rings. The second-order valence-electron chi connectivity index (χ2n) is 3.27. The van der Waals surface area contributed by atoms with Crippen molar-refractivity contribution in [2.24, 2.45) is 0 Å². The lowest BCUT2D eigenvalue weighted by Crippen LogP contribution is -1.95. The van der Waals surface area contributed by atoms with Crippen LogP contribution in [0.2, 0.25) is 0 Å². The predicted octanol–water partition coefficient (Wildman–Crippen LogP) is 2.05. The van der Waals surface area contributed by atoms with Gasteiger partial charge in [0.1, 0.15) is 5.82 Å². The van der Waals surface area contributed by atoms with Crippen molar-refractivity contribution in [1.29, 1.82) is 0 Å². The first-order chi connectivity index (χ1) is 7.81. The minimum absolute atomic E-state index is 0.591. The zero-order chi connectivity index (χ0) is 11.4. The highest BCUT2D eigenvalue weighted by atomic mass is 16.5. The van der Waals surface area contributed by atoms with Crippen LogP contribution in [0.1, 0.15) is 6.92 Å². The van der Waals surface area contributed by atoms with Crippen molar-refractivity contribution in [1.82, 2.24) is 14.8 Å². The molecule has 2 aromatic rings. The van der Waals surface area contributed by atoms with Crippen molar-refractivity contribution in [3.05, 3.63) is 30.6 Å². The molecule has 5 nitrogen and oxygen atoms in total. The summed E-state index contributed by atoms with van der Waals surface area (Å²) in [6.45, 7) is 2.90. The van der Waals surface area contributed by atoms with Crippen LogP contribution in [-0.4, -0.2) is 21.9 Å². The third-order valence-electron chi connectivity index (χ3n) is 2.16. The maximum atomic E-state index is 5.05. The SMILES string of the molecule is CCn1cc(Nc2cccc(OC)n2)cn1. The molecule has 2 heterocycles. The highest BCUT2D eigenvalue weighted by Gasteiger charge is 2.00. The summed E-state index contributed by atoms with van der Waals surface area (Å²) in [4.78, 5) is 4.25. The van der Waals surface area contributed by atoms with E-state index in [0.717, 1.165) is 18.1 Å². The van der Waals surface area contributed by atoms with Gasteiger partial charge >= 0.3 is 0 Å². The zero-order valence-corrected chi connectivity index (χ0v) is 9.34. The predicted molar refractivity (Wildman–Crippen MR) is 62.0 cm³/mol. The number of hydrogen-bond acceptors (Lipinski definition) is 4. The van der Waals surface area contributed by atoms with E-state index in [4.69, 9.17) is 4.74 Å². The standard InChI is InChI=1S/C11H14N4O/c1-3-15-8-9(7-12-15)13-10-5-4-6-11(14-10)16-2/h4-8H,3H2,1-2H3,(H,13,14). The topological polar surface area (TPSA) is 52.0 Å². The summed E-state index contributed by atoms with van der Waals surface area (Å²) in [5.74, 6) is 1.34. The lowest BCUT2D eigenvalue weighted by Gasteiger charge is -2.04. The maximum absolute atomic E-state index is 5.05. The van der Waals surface area contributed by atoms with Crippen LogP contribution in [0.25, 0.3) is 0 Å². The lowest BCUT2D eigenvalue weighted by atomic mass is 10.4. The van der Waals surface area contributed by atoms with Gasteiger partial charge in [-0.2, -0.15) is 10.1 Å². The first-order valence-corrected chi connectivity index (χ1v) is 5.12. The molecule has 0 radical (unpaired) electrons. The number of hydrogen-bond donors (Lipinski definition) is 1. The van der Waals surface area contributed by atoms with Crippen LogP contribution >= 0.6 is 0 Å². The Labute approximate surface area is 94.1 Å². The molecule has 0 spiro atoms. The molecule has 0 unspecified atom stereocenters. The number of pyridine rings is 1. The number of aryl methyl sites for hydroxylation is 1. The summed E-state index contributed by atoms with van der Waals surface area (Å²) in [5.41, 5.74) is 0.919. The Bertz CT molecular complexity index is 467. The zero-order valence-electron chi connectivity index (χ0n) is 9.34. The summed E-state index contributed by atoms with van der Waals surface area (Å²) in [6, 6.07) is 5.57. The highest BCUT2D eigenvalue weighted by molar-refractivity contribution is 5.54. The van der Waals surface area contributed by atoms with Crippen molar-refractivity contribution in [3.8, 4) is 5.88 Å². The van der Waals surface area contributed by atoms with Gasteiger partial charge in [-0.1, -0.05) is 6.07 Å². The number of nitrogens with one attached hydrogen (secondary N) is 1. The fraction of sp³-hybridized carbons (Fsp3) is 0.273. The van der Waals surface area contributed by atoms with E-state index in [0.29, 0.717) is 5.88 Å². The molecule has 0 aliphatic heterocycles. The van der Waals surface area contributed by atoms with Crippen LogP contribution in [0, 0.1) is 0 Å². The van der Waals surface area contributed by atoms with Crippen LogP contribution in [0.4, 0.5) is 11.5 Å². The number of ether oxygens (including phenoxy) is 1. The van der Waals surface area contributed by atoms with Crippen LogP contribution in [0.15, 0.2) is 30.6 Å². The van der Waals surface area contributed by atoms with Gasteiger partial charge in [0.05, 0.1) is 19.0 Å². The van der Waals surface area contributed by atoms with Gasteiger partial charge in [-0.15, -0.1) is 0 Å². The molecule has 0 fully saturated rings. The molecule has 1 N–H and O–H groups in total. The smallest absolute Gasteiger partial charge is 0.214 e. The Morgan fingerprint density at radius 1 is 1.44 bits per heavy atom. The fourth-order valence-corrected chi connectivity index (χ4v) is 1.35. The molecule has 0 aliphatic carbocycles. The van der Waals surface area contributed by atoms with Crippen molar-refractivity contribution in [2.45, 2.75) is 13.5 Å². The summed E-state index contributed by atoms with van der Waals surface area (Å²) < 4.78 is 6.90. The summed E-state index contributed by atoms with van der Waals surface area (Å²) in [6.07, 6.45) is 3.70. The lowest BCUT2D eigenvalue weighted by molar-refractivity contribution is 0.398. The molecule has 0 saturated carbocycles. The van der Waals surface area contributed by atoms with Gasteiger partial charge in [-0.25, -0.2) is 0 Å². The van der Waals surface area contributed by atoms with E-state index in [1.165, 1.54) is 0 Å². The third kappa shape index (κ3) is 2.31. The van der Waals surface area contributed by atoms with E-state index in [1.807, 2.05) is 29.9 Å². The summed E-state index contributed by atoms with van der Waals surface area (Å²) >= 11 is 0. The van der Waals surface area contributed by atoms with Crippen molar-refractivity contribution < 1.29 is 4.74 Å². The van der Waals surface area contributed by atoms with Gasteiger partial charge in [-0.3, -0.25) is 4.68 Å². The normalized spacial score (nSPS) is 10.1. The van der Waals surface area contributed by atoms with E-state index in [9.17, 15) is 0 Å². The Kier molecular flexibility index (Phi) is 3.05. The summed E-state index contributed by atoms with van der Waals surface area (Å²) in [7, 11) is 1.60. The minimum atomic E-state index is 0.591. The number of methoxy groups -OCH3 is 1. The van der Waals surface area contributed by atoms with E-state index in [1.54, 1.807) is 19.4 Å². The second-order valence-corrected chi connectivity index (χ2v) is 3.27. The fourth-order valence-electron chi connectivity index (χ4n) is 1.35. The maximum Gasteiger partial charge on any atom is 0.214 e. The quantitative estimate of drug-likeness (QED) is 0.853. The molecule has 84 valence electrons. The second kappa shape index (κ2) is 4.65. The van der Waals surface area contributed by atoms with Gasteiger partial charge < -0.3 is 10.1 Å². The Morgan fingerprint density at radius 3 is 3.00 bits per heavy atom. The number of anilines is 2. The molecule has 0 amide bonds. The molecular formula is C11H14N4O. The van der Waals surface area contributed by atoms with Crippen molar-refractivity contribution in [3.63, 3.8) is 0 Å². The average molecular weight is 218 g/mol. The largest absolute Gasteiger partial charge is 0.481 e. The van der Waals surface area contributed by atoms with E-state index in [-0.39, 0.29) is 0 Å². The van der Waals surface area contributed by atoms with Gasteiger partial charge in [-0.05, 0) is 13.0 Å². The van der Waals surface area contributed by atoms with Crippen LogP contribution in [-0.2, 0) is 6.54 Å². The van der Waals surface area contributed by atoms with Crippen LogP contribution in [0.3, 0.4) is 0 Å². The van der Waals surface area contributed by atoms with Gasteiger partial charge in [0.15, 0.2) is 0 Å². The van der Waals surface area contributed by atoms with E-state index in [2.05, 4.69) is 15.4 Å². The van der Waals surface area contributed by atoms with Crippen LogP contribution < -0.4 is 10.1 Å². The van der Waals surface area contributed by atoms with Crippen LogP contribution in [0.5, 0.6) is 5.88 Å². The molecule has 0 bridgehead atoms. The van der Waals surface area contributed by atoms with E-state index >= 15 is 0 Å². The van der Waals surface area contributed by atoms with Gasteiger partial charge in [0, 0.05) is 18.8 Å². The minimum Gasteiger partial charge on any atom is -0.481 e. The molecular weight excluding hydrogens is 204 g/mol. The molecule has 2 rings (SSSR count). The molecule has 16 heavy (non-hydrogen) atoms. The van der Waals surface area contributed by atoms with Crippen molar-refractivity contribution >= 4 is 11.5 Å². The monoisotopic (exact) mass is 218 g/mol. The van der Waals surface area contributed by atoms with Crippen molar-refractivity contribution in [2.75, 3.05) is 12.4 Å². The van der Waals surface area contributed by atoms with E-state index < -0.39 is 0 Å². The Morgan fingerprint density at radius 2 is 2.31 bits per heavy atom. The first kappa shape index (κ1) is 10.5. The number of aromatic nitrogens is 3. The average Bonchev–Trinajstić information content (AvgIpc) is 2.77. The van der Waals surface area contributed by atoms with Gasteiger partial charge in [0.25, 0.3) is 0 Å². The Balaban J connectivity index is 2.13. The summed E-state index contributed by atoms with van der Waals surface area (Å²) in [5, 5.41) is 7.33. The molecule has 2 aromatic heterocycles. The molecule has 0 saturated heterocycles. The molecule has 0 aromatic carbocycles. The van der Waals surface area contributed by atoms with Gasteiger partial charge in [0.2, 0.25) is 5.88 Å². The number of nitrogens with zero attached hydrogens (tertiary/aromatic N) is 3. The Hall–Kier alpha value is -2.04. The number of rotatable bonds is 4.